The van der Waals surface area contributed by atoms with Crippen LogP contribution in [-0.2, 0) is 6.54 Å². The smallest absolute Gasteiger partial charge is 0.322 e. The Kier molecular flexibility index (Phi) is 5.09. The summed E-state index contributed by atoms with van der Waals surface area (Å²) in [5, 5.41) is 8.19. The summed E-state index contributed by atoms with van der Waals surface area (Å²) in [6, 6.07) is 22.3. The van der Waals surface area contributed by atoms with Crippen molar-refractivity contribution >= 4 is 34.2 Å². The van der Waals surface area contributed by atoms with Crippen LogP contribution in [0.5, 0.6) is 0 Å². The van der Waals surface area contributed by atoms with Crippen LogP contribution in [0.15, 0.2) is 83.8 Å². The van der Waals surface area contributed by atoms with E-state index >= 15 is 0 Å². The van der Waals surface area contributed by atoms with E-state index in [4.69, 9.17) is 11.6 Å². The van der Waals surface area contributed by atoms with Crippen molar-refractivity contribution in [2.75, 3.05) is 5.32 Å². The van der Waals surface area contributed by atoms with E-state index in [-0.39, 0.29) is 11.6 Å². The molecule has 0 bridgehead atoms. The number of imidazole rings is 1. The van der Waals surface area contributed by atoms with E-state index in [1.165, 1.54) is 0 Å². The molecule has 5 rings (SSSR count). The second-order valence-electron chi connectivity index (χ2n) is 7.38. The number of hydrogen-bond acceptors (Lipinski definition) is 3. The molecule has 0 fully saturated rings. The van der Waals surface area contributed by atoms with E-state index in [9.17, 15) is 9.59 Å². The first-order valence-corrected chi connectivity index (χ1v) is 10.3. The molecule has 32 heavy (non-hydrogen) atoms. The zero-order valence-corrected chi connectivity index (χ0v) is 17.6. The number of nitrogens with zero attached hydrogens (tertiary/aromatic N) is 2. The summed E-state index contributed by atoms with van der Waals surface area (Å²) in [6.45, 7) is 0.533. The van der Waals surface area contributed by atoms with Crippen LogP contribution in [-0.4, -0.2) is 25.7 Å². The highest BCUT2D eigenvalue weighted by Crippen LogP contribution is 2.25. The molecule has 0 saturated carbocycles. The third kappa shape index (κ3) is 4.06. The van der Waals surface area contributed by atoms with Gasteiger partial charge in [0.25, 0.3) is 5.91 Å². The summed E-state index contributed by atoms with van der Waals surface area (Å²) in [4.78, 5) is 30.1. The quantitative estimate of drug-likeness (QED) is 0.368. The van der Waals surface area contributed by atoms with Crippen LogP contribution in [0.2, 0.25) is 5.02 Å². The lowest BCUT2D eigenvalue weighted by Crippen LogP contribution is -2.12. The minimum atomic E-state index is -0.300. The number of hydrogen-bond donors (Lipinski definition) is 3. The van der Waals surface area contributed by atoms with Gasteiger partial charge in [0.05, 0.1) is 23.1 Å². The van der Waals surface area contributed by atoms with Crippen LogP contribution >= 0.6 is 11.6 Å². The van der Waals surface area contributed by atoms with Gasteiger partial charge in [0.15, 0.2) is 0 Å². The lowest BCUT2D eigenvalue weighted by Gasteiger charge is -2.06. The second-order valence-corrected chi connectivity index (χ2v) is 7.81. The predicted octanol–water partition coefficient (Wildman–Crippen LogP) is 4.67. The number of fused-ring (bicyclic) bond motifs is 1. The molecule has 0 aliphatic heterocycles. The van der Waals surface area contributed by atoms with Gasteiger partial charge in [-0.2, -0.15) is 5.10 Å². The fraction of sp³-hybridized carbons (Fsp3) is 0.0417. The highest BCUT2D eigenvalue weighted by Gasteiger charge is 2.19. The van der Waals surface area contributed by atoms with Gasteiger partial charge in [-0.15, -0.1) is 0 Å². The summed E-state index contributed by atoms with van der Waals surface area (Å²) >= 11 is 6.04. The first kappa shape index (κ1) is 19.8. The third-order valence-electron chi connectivity index (χ3n) is 5.09. The van der Waals surface area contributed by atoms with Crippen LogP contribution in [0, 0.1) is 0 Å². The summed E-state index contributed by atoms with van der Waals surface area (Å²) in [6.07, 6.45) is 1.74. The van der Waals surface area contributed by atoms with Gasteiger partial charge in [-0.05, 0) is 35.9 Å². The van der Waals surface area contributed by atoms with Crippen molar-refractivity contribution in [2.24, 2.45) is 0 Å². The maximum absolute atomic E-state index is 13.2. The number of aromatic nitrogens is 4. The van der Waals surface area contributed by atoms with Gasteiger partial charge >= 0.3 is 5.69 Å². The summed E-state index contributed by atoms with van der Waals surface area (Å²) < 4.78 is 1.75. The summed E-state index contributed by atoms with van der Waals surface area (Å²) in [5.74, 6) is -0.300. The van der Waals surface area contributed by atoms with E-state index in [2.05, 4.69) is 20.4 Å². The Balaban J connectivity index is 1.50. The normalized spacial score (nSPS) is 11.0. The van der Waals surface area contributed by atoms with E-state index in [0.717, 1.165) is 11.1 Å². The molecule has 0 radical (unpaired) electrons. The molecule has 7 nitrogen and oxygen atoms in total. The zero-order chi connectivity index (χ0) is 22.1. The number of benzene rings is 3. The minimum absolute atomic E-state index is 0.296. The predicted molar refractivity (Wildman–Crippen MR) is 125 cm³/mol. The Labute approximate surface area is 187 Å². The summed E-state index contributed by atoms with van der Waals surface area (Å²) in [7, 11) is 0. The molecule has 2 heterocycles. The van der Waals surface area contributed by atoms with Crippen molar-refractivity contribution in [3.05, 3.63) is 106 Å². The van der Waals surface area contributed by atoms with E-state index in [1.807, 2.05) is 42.5 Å². The molecule has 2 aromatic heterocycles. The molecule has 1 amide bonds. The Morgan fingerprint density at radius 2 is 1.72 bits per heavy atom. The molecular formula is C24H18ClN5O2. The van der Waals surface area contributed by atoms with E-state index in [0.29, 0.717) is 39.5 Å². The number of rotatable bonds is 5. The average Bonchev–Trinajstić information content (AvgIpc) is 3.37. The molecule has 0 aliphatic rings. The molecule has 3 aromatic carbocycles. The number of amides is 1. The average molecular weight is 444 g/mol. The van der Waals surface area contributed by atoms with Gasteiger partial charge < -0.3 is 15.3 Å². The van der Waals surface area contributed by atoms with Gasteiger partial charge in [-0.1, -0.05) is 54.1 Å². The number of halogens is 1. The largest absolute Gasteiger partial charge is 0.323 e. The molecule has 0 spiro atoms. The first-order valence-electron chi connectivity index (χ1n) is 9.96. The number of anilines is 1. The Bertz CT molecular complexity index is 1470. The maximum atomic E-state index is 13.2. The number of H-pyrrole nitrogens is 2. The molecule has 5 aromatic rings. The monoisotopic (exact) mass is 443 g/mol. The highest BCUT2D eigenvalue weighted by atomic mass is 35.5. The molecule has 0 atom stereocenters. The zero-order valence-electron chi connectivity index (χ0n) is 16.8. The van der Waals surface area contributed by atoms with Gasteiger partial charge in [-0.3, -0.25) is 9.48 Å². The standard InChI is InChI=1S/C24H18ClN5O2/c25-17-8-6-16(7-9-17)22-19(14-30(29-22)13-15-4-2-1-3-5-15)23(31)26-18-10-11-20-21(12-18)28-24(32)27-20/h1-12,14H,13H2,(H,26,31)(H2,27,28,32). The third-order valence-corrected chi connectivity index (χ3v) is 5.34. The number of nitrogens with one attached hydrogen (secondary N) is 3. The van der Waals surface area contributed by atoms with Crippen LogP contribution in [0.25, 0.3) is 22.3 Å². The molecular weight excluding hydrogens is 426 g/mol. The van der Waals surface area contributed by atoms with Crippen LogP contribution in [0.1, 0.15) is 15.9 Å². The fourth-order valence-electron chi connectivity index (χ4n) is 3.57. The lowest BCUT2D eigenvalue weighted by molar-refractivity contribution is 0.102. The SMILES string of the molecule is O=C(Nc1ccc2[nH]c(=O)[nH]c2c1)c1cn(Cc2ccccc2)nc1-c1ccc(Cl)cc1. The van der Waals surface area contributed by atoms with Gasteiger partial charge in [0.1, 0.15) is 5.69 Å². The number of carbonyl (C=O) groups is 1. The number of carbonyl (C=O) groups excluding carboxylic acids is 1. The van der Waals surface area contributed by atoms with Crippen molar-refractivity contribution in [1.29, 1.82) is 0 Å². The minimum Gasteiger partial charge on any atom is -0.322 e. The van der Waals surface area contributed by atoms with Crippen molar-refractivity contribution in [3.63, 3.8) is 0 Å². The lowest BCUT2D eigenvalue weighted by atomic mass is 10.1. The molecule has 8 heteroatoms. The van der Waals surface area contributed by atoms with Gasteiger partial charge in [-0.25, -0.2) is 4.79 Å². The molecule has 158 valence electrons. The van der Waals surface area contributed by atoms with E-state index < -0.39 is 0 Å². The van der Waals surface area contributed by atoms with Crippen molar-refractivity contribution < 1.29 is 4.79 Å². The van der Waals surface area contributed by atoms with Crippen LogP contribution < -0.4 is 11.0 Å². The van der Waals surface area contributed by atoms with E-state index in [1.54, 1.807) is 41.2 Å². The van der Waals surface area contributed by atoms with Crippen molar-refractivity contribution in [1.82, 2.24) is 19.7 Å². The Morgan fingerprint density at radius 3 is 2.50 bits per heavy atom. The highest BCUT2D eigenvalue weighted by molar-refractivity contribution is 6.30. The number of aromatic amines is 2. The maximum Gasteiger partial charge on any atom is 0.323 e. The Morgan fingerprint density at radius 1 is 0.969 bits per heavy atom. The van der Waals surface area contributed by atoms with Crippen LogP contribution in [0.3, 0.4) is 0 Å². The molecule has 0 saturated heterocycles. The fourth-order valence-corrected chi connectivity index (χ4v) is 3.69. The molecule has 0 unspecified atom stereocenters. The topological polar surface area (TPSA) is 95.6 Å². The Hall–Kier alpha value is -4.10. The van der Waals surface area contributed by atoms with Gasteiger partial charge in [0.2, 0.25) is 0 Å². The van der Waals surface area contributed by atoms with Gasteiger partial charge in [0, 0.05) is 22.5 Å². The molecule has 3 N–H and O–H groups in total. The summed E-state index contributed by atoms with van der Waals surface area (Å²) in [5.41, 5.74) is 4.42. The van der Waals surface area contributed by atoms with Crippen molar-refractivity contribution in [2.45, 2.75) is 6.54 Å². The van der Waals surface area contributed by atoms with Crippen LogP contribution in [0.4, 0.5) is 5.69 Å². The molecule has 0 aliphatic carbocycles. The van der Waals surface area contributed by atoms with Crippen molar-refractivity contribution in [3.8, 4) is 11.3 Å². The second kappa shape index (κ2) is 8.20. The first-order chi connectivity index (χ1) is 15.5.